The predicted octanol–water partition coefficient (Wildman–Crippen LogP) is 2.46. The molecule has 1 atom stereocenters. The van der Waals surface area contributed by atoms with Gasteiger partial charge in [-0.3, -0.25) is 14.6 Å². The average molecular weight is 299 g/mol. The molecule has 0 bridgehead atoms. The van der Waals surface area contributed by atoms with E-state index in [2.05, 4.69) is 15.6 Å². The number of halogens is 1. The van der Waals surface area contributed by atoms with Gasteiger partial charge in [-0.25, -0.2) is 4.39 Å². The number of rotatable bonds is 3. The number of nitrogens with zero attached hydrogens (tertiary/aromatic N) is 1. The van der Waals surface area contributed by atoms with Crippen molar-refractivity contribution in [2.45, 2.75) is 19.3 Å². The number of hydrogen-bond donors (Lipinski definition) is 2. The van der Waals surface area contributed by atoms with Crippen LogP contribution in [0, 0.1) is 5.82 Å². The number of amides is 2. The standard InChI is InChI=1S/C16H14FN3O2/c1-9(21)19-14-4-5-18-8-15(14)20-16(22)13-6-10-2-3-11(17)7-12(10)13/h2-5,7-8,13H,6H2,1H3,(H,20,22)(H,18,19,21). The van der Waals surface area contributed by atoms with E-state index in [-0.39, 0.29) is 23.5 Å². The summed E-state index contributed by atoms with van der Waals surface area (Å²) in [5.74, 6) is -1.21. The fourth-order valence-electron chi connectivity index (χ4n) is 2.52. The average Bonchev–Trinajstić information content (AvgIpc) is 2.44. The van der Waals surface area contributed by atoms with Gasteiger partial charge < -0.3 is 10.6 Å². The zero-order valence-corrected chi connectivity index (χ0v) is 11.9. The second-order valence-electron chi connectivity index (χ2n) is 5.19. The Balaban J connectivity index is 1.77. The van der Waals surface area contributed by atoms with Crippen molar-refractivity contribution in [1.29, 1.82) is 0 Å². The van der Waals surface area contributed by atoms with Gasteiger partial charge in [-0.15, -0.1) is 0 Å². The van der Waals surface area contributed by atoms with Crippen LogP contribution in [0.3, 0.4) is 0 Å². The molecule has 3 rings (SSSR count). The quantitative estimate of drug-likeness (QED) is 0.914. The summed E-state index contributed by atoms with van der Waals surface area (Å²) < 4.78 is 13.3. The predicted molar refractivity (Wildman–Crippen MR) is 80.0 cm³/mol. The van der Waals surface area contributed by atoms with E-state index in [0.29, 0.717) is 23.4 Å². The smallest absolute Gasteiger partial charge is 0.232 e. The molecule has 0 saturated carbocycles. The van der Waals surface area contributed by atoms with Gasteiger partial charge in [-0.05, 0) is 35.7 Å². The van der Waals surface area contributed by atoms with E-state index in [0.717, 1.165) is 5.56 Å². The van der Waals surface area contributed by atoms with Gasteiger partial charge in [0.15, 0.2) is 0 Å². The second-order valence-corrected chi connectivity index (χ2v) is 5.19. The number of nitrogens with one attached hydrogen (secondary N) is 2. The SMILES string of the molecule is CC(=O)Nc1ccncc1NC(=O)C1Cc2ccc(F)cc21. The van der Waals surface area contributed by atoms with E-state index >= 15 is 0 Å². The molecule has 2 N–H and O–H groups in total. The lowest BCUT2D eigenvalue weighted by Crippen LogP contribution is -2.30. The minimum absolute atomic E-state index is 0.238. The van der Waals surface area contributed by atoms with Crippen molar-refractivity contribution in [3.05, 3.63) is 53.6 Å². The van der Waals surface area contributed by atoms with Crippen LogP contribution in [-0.2, 0) is 16.0 Å². The van der Waals surface area contributed by atoms with Gasteiger partial charge in [0.25, 0.3) is 0 Å². The van der Waals surface area contributed by atoms with Crippen LogP contribution in [-0.4, -0.2) is 16.8 Å². The molecule has 2 amide bonds. The molecule has 0 radical (unpaired) electrons. The largest absolute Gasteiger partial charge is 0.324 e. The highest BCUT2D eigenvalue weighted by molar-refractivity contribution is 6.02. The summed E-state index contributed by atoms with van der Waals surface area (Å²) in [6.07, 6.45) is 3.57. The monoisotopic (exact) mass is 299 g/mol. The fraction of sp³-hybridized carbons (Fsp3) is 0.188. The van der Waals surface area contributed by atoms with E-state index in [1.165, 1.54) is 31.5 Å². The summed E-state index contributed by atoms with van der Waals surface area (Å²) in [6, 6.07) is 6.08. The van der Waals surface area contributed by atoms with Gasteiger partial charge >= 0.3 is 0 Å². The number of fused-ring (bicyclic) bond motifs is 1. The van der Waals surface area contributed by atoms with Crippen LogP contribution in [0.2, 0.25) is 0 Å². The summed E-state index contributed by atoms with van der Waals surface area (Å²) in [5.41, 5.74) is 2.60. The molecule has 2 aromatic rings. The molecule has 1 aliphatic carbocycles. The molecule has 1 aromatic carbocycles. The van der Waals surface area contributed by atoms with Crippen molar-refractivity contribution >= 4 is 23.2 Å². The van der Waals surface area contributed by atoms with E-state index in [1.807, 2.05) is 0 Å². The molecule has 6 heteroatoms. The third-order valence-corrected chi connectivity index (χ3v) is 3.61. The Morgan fingerprint density at radius 1 is 1.23 bits per heavy atom. The minimum atomic E-state index is -0.379. The van der Waals surface area contributed by atoms with Crippen molar-refractivity contribution in [2.75, 3.05) is 10.6 Å². The van der Waals surface area contributed by atoms with Crippen molar-refractivity contribution in [3.63, 3.8) is 0 Å². The number of carbonyl (C=O) groups is 2. The van der Waals surface area contributed by atoms with Gasteiger partial charge in [-0.1, -0.05) is 6.07 Å². The van der Waals surface area contributed by atoms with Crippen molar-refractivity contribution in [3.8, 4) is 0 Å². The van der Waals surface area contributed by atoms with Crippen molar-refractivity contribution in [2.24, 2.45) is 0 Å². The molecule has 1 aliphatic rings. The van der Waals surface area contributed by atoms with Crippen LogP contribution in [0.25, 0.3) is 0 Å². The summed E-state index contributed by atoms with van der Waals surface area (Å²) in [5, 5.41) is 5.37. The maximum atomic E-state index is 13.3. The van der Waals surface area contributed by atoms with Crippen LogP contribution < -0.4 is 10.6 Å². The summed E-state index contributed by atoms with van der Waals surface area (Å²) in [7, 11) is 0. The molecule has 22 heavy (non-hydrogen) atoms. The molecule has 0 aliphatic heterocycles. The van der Waals surface area contributed by atoms with Gasteiger partial charge in [-0.2, -0.15) is 0 Å². The normalized spacial score (nSPS) is 15.5. The first-order valence-corrected chi connectivity index (χ1v) is 6.85. The topological polar surface area (TPSA) is 71.1 Å². The Hall–Kier alpha value is -2.76. The molecule has 1 aromatic heterocycles. The minimum Gasteiger partial charge on any atom is -0.324 e. The third-order valence-electron chi connectivity index (χ3n) is 3.61. The highest BCUT2D eigenvalue weighted by Crippen LogP contribution is 2.36. The van der Waals surface area contributed by atoms with E-state index < -0.39 is 0 Å². The number of carbonyl (C=O) groups excluding carboxylic acids is 2. The Morgan fingerprint density at radius 3 is 2.82 bits per heavy atom. The van der Waals surface area contributed by atoms with Gasteiger partial charge in [0.05, 0.1) is 23.5 Å². The van der Waals surface area contributed by atoms with Crippen LogP contribution in [0.4, 0.5) is 15.8 Å². The molecule has 112 valence electrons. The highest BCUT2D eigenvalue weighted by atomic mass is 19.1. The summed E-state index contributed by atoms with van der Waals surface area (Å²) in [6.45, 7) is 1.39. The molecule has 5 nitrogen and oxygen atoms in total. The first kappa shape index (κ1) is 14.2. The molecule has 1 heterocycles. The van der Waals surface area contributed by atoms with Gasteiger partial charge in [0.2, 0.25) is 11.8 Å². The molecular weight excluding hydrogens is 285 g/mol. The lowest BCUT2D eigenvalue weighted by atomic mass is 9.77. The Kier molecular flexibility index (Phi) is 3.58. The zero-order valence-electron chi connectivity index (χ0n) is 11.9. The number of pyridine rings is 1. The molecular formula is C16H14FN3O2. The van der Waals surface area contributed by atoms with Crippen LogP contribution >= 0.6 is 0 Å². The Labute approximate surface area is 126 Å². The van der Waals surface area contributed by atoms with Crippen molar-refractivity contribution in [1.82, 2.24) is 4.98 Å². The van der Waals surface area contributed by atoms with E-state index in [4.69, 9.17) is 0 Å². The van der Waals surface area contributed by atoms with Crippen molar-refractivity contribution < 1.29 is 14.0 Å². The number of anilines is 2. The first-order chi connectivity index (χ1) is 10.5. The molecule has 0 saturated heterocycles. The van der Waals surface area contributed by atoms with E-state index in [9.17, 15) is 14.0 Å². The maximum absolute atomic E-state index is 13.3. The molecule has 1 unspecified atom stereocenters. The zero-order chi connectivity index (χ0) is 15.7. The lowest BCUT2D eigenvalue weighted by Gasteiger charge is -2.29. The first-order valence-electron chi connectivity index (χ1n) is 6.85. The lowest BCUT2D eigenvalue weighted by molar-refractivity contribution is -0.118. The number of hydrogen-bond acceptors (Lipinski definition) is 3. The summed E-state index contributed by atoms with van der Waals surface area (Å²) in [4.78, 5) is 27.4. The molecule has 0 fully saturated rings. The van der Waals surface area contributed by atoms with Crippen LogP contribution in [0.1, 0.15) is 24.0 Å². The number of aromatic nitrogens is 1. The van der Waals surface area contributed by atoms with Gasteiger partial charge in [0.1, 0.15) is 5.82 Å². The van der Waals surface area contributed by atoms with Crippen LogP contribution in [0.15, 0.2) is 36.7 Å². The van der Waals surface area contributed by atoms with Crippen LogP contribution in [0.5, 0.6) is 0 Å². The second kappa shape index (κ2) is 5.55. The molecule has 0 spiro atoms. The van der Waals surface area contributed by atoms with Gasteiger partial charge in [0, 0.05) is 13.1 Å². The Bertz CT molecular complexity index is 761. The fourth-order valence-corrected chi connectivity index (χ4v) is 2.52. The third kappa shape index (κ3) is 2.67. The Morgan fingerprint density at radius 2 is 2.05 bits per heavy atom. The van der Waals surface area contributed by atoms with E-state index in [1.54, 1.807) is 12.1 Å². The summed E-state index contributed by atoms with van der Waals surface area (Å²) >= 11 is 0. The number of benzene rings is 1. The maximum Gasteiger partial charge on any atom is 0.232 e. The highest BCUT2D eigenvalue weighted by Gasteiger charge is 2.32.